The predicted molar refractivity (Wildman–Crippen MR) is 93.0 cm³/mol. The highest BCUT2D eigenvalue weighted by molar-refractivity contribution is 6.30. The molecule has 1 aromatic carbocycles. The van der Waals surface area contributed by atoms with Gasteiger partial charge in [-0.2, -0.15) is 0 Å². The predicted octanol–water partition coefficient (Wildman–Crippen LogP) is 3.91. The van der Waals surface area contributed by atoms with Crippen molar-refractivity contribution in [1.82, 2.24) is 4.90 Å². The van der Waals surface area contributed by atoms with E-state index in [4.69, 9.17) is 16.7 Å². The second-order valence-corrected chi connectivity index (χ2v) is 7.62. The lowest BCUT2D eigenvalue weighted by atomic mass is 9.78. The summed E-state index contributed by atoms with van der Waals surface area (Å²) in [5.74, 6) is -0.668. The monoisotopic (exact) mass is 349 g/mol. The molecule has 0 bridgehead atoms. The lowest BCUT2D eigenvalue weighted by Crippen LogP contribution is -2.46. The highest BCUT2D eigenvalue weighted by atomic mass is 35.5. The number of halogens is 1. The molecule has 4 nitrogen and oxygen atoms in total. The van der Waals surface area contributed by atoms with E-state index < -0.39 is 5.97 Å². The van der Waals surface area contributed by atoms with Crippen LogP contribution in [0.2, 0.25) is 5.02 Å². The smallest absolute Gasteiger partial charge is 0.305 e. The third-order valence-electron chi connectivity index (χ3n) is 5.49. The first-order chi connectivity index (χ1) is 11.5. The minimum atomic E-state index is -0.824. The summed E-state index contributed by atoms with van der Waals surface area (Å²) in [6, 6.07) is 7.59. The Morgan fingerprint density at radius 2 is 2.00 bits per heavy atom. The van der Waals surface area contributed by atoms with Crippen molar-refractivity contribution in [3.63, 3.8) is 0 Å². The molecule has 5 heteroatoms. The summed E-state index contributed by atoms with van der Waals surface area (Å²) in [7, 11) is 0. The van der Waals surface area contributed by atoms with Gasteiger partial charge in [-0.25, -0.2) is 0 Å². The van der Waals surface area contributed by atoms with Crippen LogP contribution in [-0.4, -0.2) is 34.5 Å². The molecule has 0 radical (unpaired) electrons. The van der Waals surface area contributed by atoms with Crippen molar-refractivity contribution in [2.45, 2.75) is 57.4 Å². The van der Waals surface area contributed by atoms with Crippen molar-refractivity contribution >= 4 is 23.5 Å². The van der Waals surface area contributed by atoms with E-state index in [-0.39, 0.29) is 23.8 Å². The van der Waals surface area contributed by atoms with Crippen molar-refractivity contribution in [3.05, 3.63) is 34.9 Å². The van der Waals surface area contributed by atoms with Crippen molar-refractivity contribution < 1.29 is 14.7 Å². The molecule has 0 aromatic heterocycles. The normalized spacial score (nSPS) is 22.7. The van der Waals surface area contributed by atoms with Gasteiger partial charge in [0.25, 0.3) is 0 Å². The van der Waals surface area contributed by atoms with Gasteiger partial charge in [-0.15, -0.1) is 0 Å². The largest absolute Gasteiger partial charge is 0.481 e. The van der Waals surface area contributed by atoms with Crippen molar-refractivity contribution in [3.8, 4) is 0 Å². The molecule has 1 atom stereocenters. The van der Waals surface area contributed by atoms with Crippen LogP contribution in [0.4, 0.5) is 0 Å². The number of hydrogen-bond acceptors (Lipinski definition) is 2. The quantitative estimate of drug-likeness (QED) is 0.876. The number of carboxylic acids is 1. The van der Waals surface area contributed by atoms with Crippen molar-refractivity contribution in [2.24, 2.45) is 5.41 Å². The number of benzene rings is 1. The lowest BCUT2D eigenvalue weighted by molar-refractivity contribution is -0.145. The molecule has 1 amide bonds. The summed E-state index contributed by atoms with van der Waals surface area (Å²) in [5.41, 5.74) is 0.706. The van der Waals surface area contributed by atoms with E-state index in [1.165, 1.54) is 0 Å². The van der Waals surface area contributed by atoms with Gasteiger partial charge in [-0.1, -0.05) is 36.6 Å². The zero-order valence-corrected chi connectivity index (χ0v) is 14.6. The minimum absolute atomic E-state index is 0.0545. The van der Waals surface area contributed by atoms with E-state index in [0.29, 0.717) is 18.0 Å². The second-order valence-electron chi connectivity index (χ2n) is 7.19. The Balaban J connectivity index is 1.81. The number of likely N-dealkylation sites (tertiary alicyclic amines) is 1. The Morgan fingerprint density at radius 3 is 2.67 bits per heavy atom. The van der Waals surface area contributed by atoms with E-state index in [9.17, 15) is 9.59 Å². The Kier molecular flexibility index (Phi) is 5.14. The van der Waals surface area contributed by atoms with E-state index in [1.54, 1.807) is 0 Å². The van der Waals surface area contributed by atoms with Crippen LogP contribution in [0.3, 0.4) is 0 Å². The fraction of sp³-hybridized carbons (Fsp3) is 0.579. The Labute approximate surface area is 147 Å². The van der Waals surface area contributed by atoms with Gasteiger partial charge >= 0.3 is 5.97 Å². The van der Waals surface area contributed by atoms with Gasteiger partial charge in [-0.05, 0) is 49.8 Å². The summed E-state index contributed by atoms with van der Waals surface area (Å²) in [5, 5.41) is 9.81. The van der Waals surface area contributed by atoms with Gasteiger partial charge in [0.05, 0.1) is 11.8 Å². The van der Waals surface area contributed by atoms with Crippen molar-refractivity contribution in [2.75, 3.05) is 6.54 Å². The number of carbonyl (C=O) groups excluding carboxylic acids is 1. The first kappa shape index (κ1) is 17.3. The van der Waals surface area contributed by atoms with E-state index in [2.05, 4.69) is 0 Å². The standard InChI is InChI=1S/C19H24ClNO3/c20-15-6-3-5-14(11-15)13-19(8-1-2-9-19)18(24)21-10-4-7-16(21)12-17(22)23/h3,5-6,11,16H,1-2,4,7-10,12-13H2,(H,22,23). The average Bonchev–Trinajstić information content (AvgIpc) is 3.16. The number of carboxylic acid groups (broad SMARTS) is 1. The number of nitrogens with zero attached hydrogens (tertiary/aromatic N) is 1. The molecule has 1 saturated carbocycles. The number of aliphatic carboxylic acids is 1. The molecule has 1 aliphatic carbocycles. The van der Waals surface area contributed by atoms with Gasteiger partial charge in [0.1, 0.15) is 0 Å². The fourth-order valence-electron chi connectivity index (χ4n) is 4.38. The van der Waals surface area contributed by atoms with Crippen LogP contribution in [0, 0.1) is 5.41 Å². The molecule has 1 aliphatic heterocycles. The molecule has 1 unspecified atom stereocenters. The first-order valence-corrected chi connectivity index (χ1v) is 9.15. The molecular weight excluding hydrogens is 326 g/mol. The number of hydrogen-bond donors (Lipinski definition) is 1. The molecule has 24 heavy (non-hydrogen) atoms. The van der Waals surface area contributed by atoms with Crippen molar-refractivity contribution in [1.29, 1.82) is 0 Å². The fourth-order valence-corrected chi connectivity index (χ4v) is 4.59. The maximum Gasteiger partial charge on any atom is 0.305 e. The Morgan fingerprint density at radius 1 is 1.25 bits per heavy atom. The zero-order valence-electron chi connectivity index (χ0n) is 13.8. The van der Waals surface area contributed by atoms with Crippen LogP contribution < -0.4 is 0 Å². The summed E-state index contributed by atoms with van der Waals surface area (Å²) in [6.07, 6.45) is 6.33. The molecule has 1 N–H and O–H groups in total. The SMILES string of the molecule is O=C(O)CC1CCCN1C(=O)C1(Cc2cccc(Cl)c2)CCCC1. The van der Waals surface area contributed by atoms with Gasteiger partial charge in [0, 0.05) is 17.6 Å². The van der Waals surface area contributed by atoms with Crippen LogP contribution in [0.1, 0.15) is 50.5 Å². The molecule has 1 saturated heterocycles. The van der Waals surface area contributed by atoms with Crippen LogP contribution in [0.5, 0.6) is 0 Å². The molecule has 0 spiro atoms. The maximum absolute atomic E-state index is 13.4. The number of amides is 1. The highest BCUT2D eigenvalue weighted by Crippen LogP contribution is 2.44. The Bertz CT molecular complexity index is 625. The second kappa shape index (κ2) is 7.14. The van der Waals surface area contributed by atoms with E-state index in [1.807, 2.05) is 29.2 Å². The van der Waals surface area contributed by atoms with Gasteiger partial charge in [0.2, 0.25) is 5.91 Å². The molecule has 2 fully saturated rings. The summed E-state index contributed by atoms with van der Waals surface area (Å²) in [6.45, 7) is 0.689. The van der Waals surface area contributed by atoms with Crippen LogP contribution in [-0.2, 0) is 16.0 Å². The van der Waals surface area contributed by atoms with E-state index >= 15 is 0 Å². The molecule has 130 valence electrons. The molecule has 3 rings (SSSR count). The van der Waals surface area contributed by atoms with Gasteiger partial charge in [-0.3, -0.25) is 9.59 Å². The number of carbonyl (C=O) groups is 2. The van der Waals surface area contributed by atoms with Gasteiger partial charge in [0.15, 0.2) is 0 Å². The topological polar surface area (TPSA) is 57.6 Å². The minimum Gasteiger partial charge on any atom is -0.481 e. The lowest BCUT2D eigenvalue weighted by Gasteiger charge is -2.35. The third-order valence-corrected chi connectivity index (χ3v) is 5.73. The molecule has 1 aromatic rings. The maximum atomic E-state index is 13.4. The van der Waals surface area contributed by atoms with Gasteiger partial charge < -0.3 is 10.0 Å². The van der Waals surface area contributed by atoms with Crippen LogP contribution in [0.25, 0.3) is 0 Å². The average molecular weight is 350 g/mol. The molecular formula is C19H24ClNO3. The third kappa shape index (κ3) is 3.59. The Hall–Kier alpha value is -1.55. The van der Waals surface area contributed by atoms with Crippen LogP contribution in [0.15, 0.2) is 24.3 Å². The number of rotatable bonds is 5. The van der Waals surface area contributed by atoms with E-state index in [0.717, 1.165) is 44.1 Å². The molecule has 2 aliphatic rings. The summed E-state index contributed by atoms with van der Waals surface area (Å²) >= 11 is 6.10. The zero-order chi connectivity index (χ0) is 17.2. The van der Waals surface area contributed by atoms with Crippen LogP contribution >= 0.6 is 11.6 Å². The summed E-state index contributed by atoms with van der Waals surface area (Å²) in [4.78, 5) is 26.3. The first-order valence-electron chi connectivity index (χ1n) is 8.77. The highest BCUT2D eigenvalue weighted by Gasteiger charge is 2.46. The summed E-state index contributed by atoms with van der Waals surface area (Å²) < 4.78 is 0. The molecule has 1 heterocycles.